The molecule has 0 aliphatic carbocycles. The van der Waals surface area contributed by atoms with Gasteiger partial charge in [0.1, 0.15) is 0 Å². The van der Waals surface area contributed by atoms with Gasteiger partial charge >= 0.3 is 6.01 Å². The molecule has 0 saturated carbocycles. The monoisotopic (exact) mass is 240 g/mol. The summed E-state index contributed by atoms with van der Waals surface area (Å²) in [5, 5.41) is 4.64. The lowest BCUT2D eigenvalue weighted by Crippen LogP contribution is -2.08. The topological polar surface area (TPSA) is 91.7 Å². The third-order valence-electron chi connectivity index (χ3n) is 1.85. The number of nitrogen functional groups attached to an aromatic ring is 1. The van der Waals surface area contributed by atoms with Gasteiger partial charge in [0.15, 0.2) is 0 Å². The summed E-state index contributed by atoms with van der Waals surface area (Å²) in [6.07, 6.45) is 1.59. The van der Waals surface area contributed by atoms with Crippen LogP contribution in [-0.2, 0) is 0 Å². The summed E-state index contributed by atoms with van der Waals surface area (Å²) in [7, 11) is 1.44. The maximum absolute atomic E-state index is 5.88. The van der Waals surface area contributed by atoms with E-state index in [1.54, 1.807) is 13.1 Å². The molecule has 0 bridgehead atoms. The molecule has 0 fully saturated rings. The van der Waals surface area contributed by atoms with Gasteiger partial charge in [0.2, 0.25) is 5.95 Å². The van der Waals surface area contributed by atoms with Crippen LogP contribution in [-0.4, -0.2) is 31.8 Å². The Bertz CT molecular complexity index is 506. The van der Waals surface area contributed by atoms with E-state index in [9.17, 15) is 0 Å². The first-order valence-corrected chi connectivity index (χ1v) is 4.75. The number of nitrogens with two attached hydrogens (primary N) is 1. The molecule has 0 amide bonds. The predicted octanol–water partition coefficient (Wildman–Crippen LogP) is 0.610. The van der Waals surface area contributed by atoms with E-state index in [1.165, 1.54) is 11.8 Å². The molecule has 84 valence electrons. The van der Waals surface area contributed by atoms with E-state index in [-0.39, 0.29) is 17.9 Å². The molecular formula is C8H9ClN6O. The Balaban J connectivity index is 2.50. The van der Waals surface area contributed by atoms with E-state index in [4.69, 9.17) is 22.1 Å². The lowest BCUT2D eigenvalue weighted by molar-refractivity contribution is 0.377. The molecule has 2 aromatic heterocycles. The van der Waals surface area contributed by atoms with Gasteiger partial charge in [0.25, 0.3) is 5.95 Å². The summed E-state index contributed by atoms with van der Waals surface area (Å²) in [4.78, 5) is 11.7. The SMILES string of the molecule is COc1nc(N)nc(-n2cc(Cl)c(C)n2)n1. The Morgan fingerprint density at radius 2 is 2.12 bits per heavy atom. The molecule has 2 aromatic rings. The smallest absolute Gasteiger partial charge is 0.322 e. The van der Waals surface area contributed by atoms with Crippen molar-refractivity contribution in [1.29, 1.82) is 0 Å². The number of methoxy groups -OCH3 is 1. The predicted molar refractivity (Wildman–Crippen MR) is 57.7 cm³/mol. The molecular weight excluding hydrogens is 232 g/mol. The summed E-state index contributed by atoms with van der Waals surface area (Å²) >= 11 is 5.88. The van der Waals surface area contributed by atoms with Crippen molar-refractivity contribution in [1.82, 2.24) is 24.7 Å². The Hall–Kier alpha value is -1.89. The fourth-order valence-corrected chi connectivity index (χ4v) is 1.23. The minimum atomic E-state index is 0.0612. The van der Waals surface area contributed by atoms with Gasteiger partial charge in [-0.2, -0.15) is 20.1 Å². The summed E-state index contributed by atoms with van der Waals surface area (Å²) in [6.45, 7) is 1.78. The molecule has 0 atom stereocenters. The second kappa shape index (κ2) is 3.93. The molecule has 0 aromatic carbocycles. The van der Waals surface area contributed by atoms with Crippen molar-refractivity contribution in [2.24, 2.45) is 0 Å². The van der Waals surface area contributed by atoms with E-state index in [2.05, 4.69) is 20.1 Å². The Kier molecular flexibility index (Phi) is 2.61. The first-order valence-electron chi connectivity index (χ1n) is 4.38. The summed E-state index contributed by atoms with van der Waals surface area (Å²) < 4.78 is 6.29. The minimum Gasteiger partial charge on any atom is -0.467 e. The van der Waals surface area contributed by atoms with Crippen molar-refractivity contribution in [3.8, 4) is 12.0 Å². The standard InChI is InChI=1S/C8H9ClN6O/c1-4-5(9)3-15(14-4)7-11-6(10)12-8(13-7)16-2/h3H,1-2H3,(H2,10,11,12,13). The molecule has 7 nitrogen and oxygen atoms in total. The lowest BCUT2D eigenvalue weighted by atomic mass is 10.5. The quantitative estimate of drug-likeness (QED) is 0.827. The second-order valence-electron chi connectivity index (χ2n) is 2.99. The van der Waals surface area contributed by atoms with E-state index in [0.29, 0.717) is 10.7 Å². The Labute approximate surface area is 96.2 Å². The van der Waals surface area contributed by atoms with E-state index in [0.717, 1.165) is 0 Å². The Morgan fingerprint density at radius 3 is 2.69 bits per heavy atom. The van der Waals surface area contributed by atoms with Gasteiger partial charge in [-0.3, -0.25) is 0 Å². The fourth-order valence-electron chi connectivity index (χ4n) is 1.10. The van der Waals surface area contributed by atoms with Gasteiger partial charge in [-0.1, -0.05) is 11.6 Å². The molecule has 2 heterocycles. The third-order valence-corrected chi connectivity index (χ3v) is 2.22. The van der Waals surface area contributed by atoms with Gasteiger partial charge in [-0.25, -0.2) is 4.68 Å². The van der Waals surface area contributed by atoms with Crippen molar-refractivity contribution < 1.29 is 4.74 Å². The lowest BCUT2D eigenvalue weighted by Gasteiger charge is -2.02. The van der Waals surface area contributed by atoms with Crippen LogP contribution in [0, 0.1) is 6.92 Å². The molecule has 2 rings (SSSR count). The van der Waals surface area contributed by atoms with Crippen LogP contribution in [0.1, 0.15) is 5.69 Å². The van der Waals surface area contributed by atoms with Crippen molar-refractivity contribution in [2.45, 2.75) is 6.92 Å². The maximum atomic E-state index is 5.88. The van der Waals surface area contributed by atoms with E-state index < -0.39 is 0 Å². The van der Waals surface area contributed by atoms with Crippen molar-refractivity contribution in [3.63, 3.8) is 0 Å². The highest BCUT2D eigenvalue weighted by Crippen LogP contribution is 2.15. The van der Waals surface area contributed by atoms with Crippen molar-refractivity contribution in [3.05, 3.63) is 16.9 Å². The minimum absolute atomic E-state index is 0.0612. The maximum Gasteiger partial charge on any atom is 0.322 e. The normalized spacial score (nSPS) is 10.4. The zero-order chi connectivity index (χ0) is 11.7. The summed E-state index contributed by atoms with van der Waals surface area (Å²) in [6, 6.07) is 0.131. The van der Waals surface area contributed by atoms with Crippen LogP contribution >= 0.6 is 11.6 Å². The number of ether oxygens (including phenoxy) is 1. The highest BCUT2D eigenvalue weighted by Gasteiger charge is 2.09. The third kappa shape index (κ3) is 1.89. The van der Waals surface area contributed by atoms with Crippen LogP contribution < -0.4 is 10.5 Å². The van der Waals surface area contributed by atoms with Crippen LogP contribution in [0.4, 0.5) is 5.95 Å². The van der Waals surface area contributed by atoms with Crippen LogP contribution in [0.25, 0.3) is 5.95 Å². The molecule has 0 unspecified atom stereocenters. The molecule has 0 saturated heterocycles. The number of halogens is 1. The summed E-state index contributed by atoms with van der Waals surface area (Å²) in [5.74, 6) is 0.325. The first-order chi connectivity index (χ1) is 7.60. The van der Waals surface area contributed by atoms with Gasteiger partial charge in [0.05, 0.1) is 24.0 Å². The molecule has 0 aliphatic heterocycles. The van der Waals surface area contributed by atoms with Crippen LogP contribution in [0.5, 0.6) is 6.01 Å². The van der Waals surface area contributed by atoms with Gasteiger partial charge < -0.3 is 10.5 Å². The first kappa shape index (κ1) is 10.6. The highest BCUT2D eigenvalue weighted by molar-refractivity contribution is 6.31. The number of rotatable bonds is 2. The number of nitrogens with zero attached hydrogens (tertiary/aromatic N) is 5. The number of hydrogen-bond donors (Lipinski definition) is 1. The van der Waals surface area contributed by atoms with Crippen molar-refractivity contribution >= 4 is 17.5 Å². The second-order valence-corrected chi connectivity index (χ2v) is 3.39. The average molecular weight is 241 g/mol. The number of aryl methyl sites for hydroxylation is 1. The molecule has 2 N–H and O–H groups in total. The van der Waals surface area contributed by atoms with Crippen LogP contribution in [0.3, 0.4) is 0 Å². The van der Waals surface area contributed by atoms with E-state index in [1.807, 2.05) is 0 Å². The fraction of sp³-hybridized carbons (Fsp3) is 0.250. The number of hydrogen-bond acceptors (Lipinski definition) is 6. The molecule has 16 heavy (non-hydrogen) atoms. The van der Waals surface area contributed by atoms with Gasteiger partial charge in [-0.15, -0.1) is 0 Å². The highest BCUT2D eigenvalue weighted by atomic mass is 35.5. The molecule has 0 radical (unpaired) electrons. The number of anilines is 1. The number of aromatic nitrogens is 5. The molecule has 8 heteroatoms. The van der Waals surface area contributed by atoms with Crippen LogP contribution in [0.15, 0.2) is 6.20 Å². The largest absolute Gasteiger partial charge is 0.467 e. The average Bonchev–Trinajstić information content (AvgIpc) is 2.58. The molecule has 0 aliphatic rings. The van der Waals surface area contributed by atoms with Gasteiger partial charge in [0, 0.05) is 0 Å². The van der Waals surface area contributed by atoms with Crippen LogP contribution in [0.2, 0.25) is 5.02 Å². The van der Waals surface area contributed by atoms with E-state index >= 15 is 0 Å². The zero-order valence-corrected chi connectivity index (χ0v) is 9.43. The Morgan fingerprint density at radius 1 is 1.38 bits per heavy atom. The van der Waals surface area contributed by atoms with Crippen molar-refractivity contribution in [2.75, 3.05) is 12.8 Å². The molecule has 0 spiro atoms. The summed E-state index contributed by atoms with van der Waals surface area (Å²) in [5.41, 5.74) is 6.18. The zero-order valence-electron chi connectivity index (χ0n) is 8.68. The van der Waals surface area contributed by atoms with Gasteiger partial charge in [-0.05, 0) is 6.92 Å².